The van der Waals surface area contributed by atoms with Crippen molar-refractivity contribution in [2.24, 2.45) is 0 Å². The van der Waals surface area contributed by atoms with Crippen LogP contribution < -0.4 is 10.6 Å². The molecule has 3 rings (SSSR count). The number of hydrogen-bond acceptors (Lipinski definition) is 5. The van der Waals surface area contributed by atoms with E-state index in [9.17, 15) is 9.59 Å². The molecule has 8 heteroatoms. The number of hydrogen-bond donors (Lipinski definition) is 3. The average Bonchev–Trinajstić information content (AvgIpc) is 3.32. The lowest BCUT2D eigenvalue weighted by Crippen LogP contribution is -2.23. The first-order valence-corrected chi connectivity index (χ1v) is 6.89. The van der Waals surface area contributed by atoms with Gasteiger partial charge in [0.2, 0.25) is 0 Å². The van der Waals surface area contributed by atoms with E-state index in [1.165, 1.54) is 18.6 Å². The molecule has 3 aromatic rings. The number of nitrogens with one attached hydrogen (secondary N) is 3. The molecule has 3 N–H and O–H groups in total. The molecule has 0 aliphatic rings. The molecule has 0 bridgehead atoms. The van der Waals surface area contributed by atoms with E-state index in [2.05, 4.69) is 20.8 Å². The minimum absolute atomic E-state index is 0.125. The summed E-state index contributed by atoms with van der Waals surface area (Å²) in [5.74, 6) is 0.487. The average molecular weight is 314 g/mol. The van der Waals surface area contributed by atoms with Crippen LogP contribution >= 0.6 is 0 Å². The van der Waals surface area contributed by atoms with E-state index in [4.69, 9.17) is 8.83 Å². The zero-order valence-corrected chi connectivity index (χ0v) is 12.0. The van der Waals surface area contributed by atoms with Crippen molar-refractivity contribution in [3.05, 3.63) is 65.8 Å². The molecule has 0 aromatic carbocycles. The second-order valence-corrected chi connectivity index (χ2v) is 4.69. The molecule has 3 aromatic heterocycles. The van der Waals surface area contributed by atoms with Gasteiger partial charge in [0.1, 0.15) is 17.2 Å². The maximum atomic E-state index is 11.9. The fourth-order valence-corrected chi connectivity index (χ4v) is 1.90. The Morgan fingerprint density at radius 1 is 1.00 bits per heavy atom. The molecule has 8 nitrogen and oxygen atoms in total. The van der Waals surface area contributed by atoms with Gasteiger partial charge in [0.05, 0.1) is 25.6 Å². The van der Waals surface area contributed by atoms with Crippen LogP contribution in [0.3, 0.4) is 0 Å². The number of H-pyrrole nitrogens is 1. The summed E-state index contributed by atoms with van der Waals surface area (Å²) in [5.41, 5.74) is 0.319. The van der Waals surface area contributed by atoms with Crippen molar-refractivity contribution in [2.45, 2.75) is 13.1 Å². The maximum Gasteiger partial charge on any atom is 0.272 e. The Morgan fingerprint density at radius 2 is 1.61 bits per heavy atom. The van der Waals surface area contributed by atoms with Crippen LogP contribution in [0.4, 0.5) is 0 Å². The molecule has 0 fully saturated rings. The van der Waals surface area contributed by atoms with Gasteiger partial charge in [-0.2, -0.15) is 5.10 Å². The van der Waals surface area contributed by atoms with Crippen LogP contribution in [0.5, 0.6) is 0 Å². The van der Waals surface area contributed by atoms with Gasteiger partial charge in [0.25, 0.3) is 11.8 Å². The molecule has 118 valence electrons. The number of carbonyl (C=O) groups is 2. The summed E-state index contributed by atoms with van der Waals surface area (Å²) in [6, 6.07) is 8.35. The van der Waals surface area contributed by atoms with E-state index in [0.29, 0.717) is 11.5 Å². The lowest BCUT2D eigenvalue weighted by Gasteiger charge is -2.00. The van der Waals surface area contributed by atoms with Gasteiger partial charge >= 0.3 is 0 Å². The Hall–Kier alpha value is -3.29. The third-order valence-corrected chi connectivity index (χ3v) is 3.06. The van der Waals surface area contributed by atoms with Crippen molar-refractivity contribution in [1.29, 1.82) is 0 Å². The van der Waals surface area contributed by atoms with E-state index < -0.39 is 5.91 Å². The second kappa shape index (κ2) is 6.65. The van der Waals surface area contributed by atoms with Gasteiger partial charge in [-0.1, -0.05) is 0 Å². The van der Waals surface area contributed by atoms with Crippen LogP contribution in [0.15, 0.2) is 51.7 Å². The normalized spacial score (nSPS) is 10.4. The van der Waals surface area contributed by atoms with Crippen molar-refractivity contribution >= 4 is 11.8 Å². The summed E-state index contributed by atoms with van der Waals surface area (Å²) < 4.78 is 10.2. The zero-order valence-electron chi connectivity index (χ0n) is 12.0. The molecule has 0 unspecified atom stereocenters. The quantitative estimate of drug-likeness (QED) is 0.637. The SMILES string of the molecule is O=C(NCc1ccco1)c1cc(C(=O)NCc2ccco2)[nH]n1. The van der Waals surface area contributed by atoms with Gasteiger partial charge in [0.15, 0.2) is 5.69 Å². The van der Waals surface area contributed by atoms with Gasteiger partial charge in [-0.25, -0.2) is 0 Å². The second-order valence-electron chi connectivity index (χ2n) is 4.69. The largest absolute Gasteiger partial charge is 0.467 e. The molecule has 23 heavy (non-hydrogen) atoms. The fraction of sp³-hybridized carbons (Fsp3) is 0.133. The summed E-state index contributed by atoms with van der Waals surface area (Å²) >= 11 is 0. The number of amides is 2. The third kappa shape index (κ3) is 3.67. The molecule has 0 saturated heterocycles. The van der Waals surface area contributed by atoms with Crippen molar-refractivity contribution in [3.8, 4) is 0 Å². The number of furan rings is 2. The van der Waals surface area contributed by atoms with Crippen molar-refractivity contribution in [2.75, 3.05) is 0 Å². The van der Waals surface area contributed by atoms with Gasteiger partial charge < -0.3 is 19.5 Å². The highest BCUT2D eigenvalue weighted by Crippen LogP contribution is 2.04. The first-order valence-electron chi connectivity index (χ1n) is 6.89. The molecular formula is C15H14N4O4. The molecule has 3 heterocycles. The maximum absolute atomic E-state index is 11.9. The van der Waals surface area contributed by atoms with E-state index in [0.717, 1.165) is 0 Å². The smallest absolute Gasteiger partial charge is 0.272 e. The predicted octanol–water partition coefficient (Wildman–Crippen LogP) is 1.46. The standard InChI is InChI=1S/C15H14N4O4/c20-14(16-8-10-3-1-5-22-10)12-7-13(19-18-12)15(21)17-9-11-4-2-6-23-11/h1-7H,8-9H2,(H,16,20)(H,17,21)(H,18,19). The Balaban J connectivity index is 1.54. The first kappa shape index (κ1) is 14.6. The number of aromatic nitrogens is 2. The summed E-state index contributed by atoms with van der Waals surface area (Å²) in [5, 5.41) is 11.7. The van der Waals surface area contributed by atoms with Crippen LogP contribution in [-0.4, -0.2) is 22.0 Å². The topological polar surface area (TPSA) is 113 Å². The van der Waals surface area contributed by atoms with E-state index in [-0.39, 0.29) is 30.4 Å². The van der Waals surface area contributed by atoms with E-state index in [1.807, 2.05) is 0 Å². The van der Waals surface area contributed by atoms with Crippen molar-refractivity contribution in [3.63, 3.8) is 0 Å². The minimum atomic E-state index is -0.400. The zero-order chi connectivity index (χ0) is 16.1. The van der Waals surface area contributed by atoms with Crippen LogP contribution in [-0.2, 0) is 13.1 Å². The molecule has 2 amide bonds. The molecular weight excluding hydrogens is 300 g/mol. The van der Waals surface area contributed by atoms with Gasteiger partial charge in [-0.15, -0.1) is 0 Å². The minimum Gasteiger partial charge on any atom is -0.467 e. The third-order valence-electron chi connectivity index (χ3n) is 3.06. The molecule has 0 atom stereocenters. The molecule has 0 saturated carbocycles. The van der Waals surface area contributed by atoms with Gasteiger partial charge in [-0.05, 0) is 24.3 Å². The summed E-state index contributed by atoms with van der Waals surface area (Å²) in [6.07, 6.45) is 3.05. The summed E-state index contributed by atoms with van der Waals surface area (Å²) in [6.45, 7) is 0.504. The van der Waals surface area contributed by atoms with Crippen LogP contribution in [0.25, 0.3) is 0 Å². The number of rotatable bonds is 6. The number of nitrogens with zero attached hydrogens (tertiary/aromatic N) is 1. The Kier molecular flexibility index (Phi) is 4.23. The summed E-state index contributed by atoms with van der Waals surface area (Å²) in [4.78, 5) is 23.9. The Bertz CT molecular complexity index is 710. The van der Waals surface area contributed by atoms with Gasteiger partial charge in [0, 0.05) is 6.07 Å². The van der Waals surface area contributed by atoms with Crippen LogP contribution in [0.1, 0.15) is 32.5 Å². The number of carbonyl (C=O) groups excluding carboxylic acids is 2. The monoisotopic (exact) mass is 314 g/mol. The van der Waals surface area contributed by atoms with Gasteiger partial charge in [-0.3, -0.25) is 14.7 Å². The van der Waals surface area contributed by atoms with Crippen LogP contribution in [0, 0.1) is 0 Å². The van der Waals surface area contributed by atoms with E-state index >= 15 is 0 Å². The Morgan fingerprint density at radius 3 is 2.17 bits per heavy atom. The highest BCUT2D eigenvalue weighted by Gasteiger charge is 2.15. The molecule has 0 spiro atoms. The van der Waals surface area contributed by atoms with Crippen molar-refractivity contribution in [1.82, 2.24) is 20.8 Å². The molecule has 0 aliphatic carbocycles. The highest BCUT2D eigenvalue weighted by atomic mass is 16.3. The first-order chi connectivity index (χ1) is 11.2. The lowest BCUT2D eigenvalue weighted by atomic mass is 10.3. The fourth-order valence-electron chi connectivity index (χ4n) is 1.90. The number of aromatic amines is 1. The Labute approximate surface area is 130 Å². The van der Waals surface area contributed by atoms with Crippen molar-refractivity contribution < 1.29 is 18.4 Å². The lowest BCUT2D eigenvalue weighted by molar-refractivity contribution is 0.0937. The molecule has 0 radical (unpaired) electrons. The van der Waals surface area contributed by atoms with E-state index in [1.54, 1.807) is 24.3 Å². The predicted molar refractivity (Wildman–Crippen MR) is 78.3 cm³/mol. The molecule has 0 aliphatic heterocycles. The summed E-state index contributed by atoms with van der Waals surface area (Å²) in [7, 11) is 0. The van der Waals surface area contributed by atoms with Crippen LogP contribution in [0.2, 0.25) is 0 Å². The highest BCUT2D eigenvalue weighted by molar-refractivity contribution is 5.97.